The predicted octanol–water partition coefficient (Wildman–Crippen LogP) is 2.04. The average molecular weight is 280 g/mol. The van der Waals surface area contributed by atoms with E-state index in [1.54, 1.807) is 11.3 Å². The molecule has 0 aromatic carbocycles. The summed E-state index contributed by atoms with van der Waals surface area (Å²) in [7, 11) is 3.77. The zero-order valence-corrected chi connectivity index (χ0v) is 12.7. The molecule has 1 aliphatic rings. The SMILES string of the molecule is CC(C)C(=O)c1cc2c(s1)CCN2C(=O)CN(C)C. The second-order valence-corrected chi connectivity index (χ2v) is 6.61. The predicted molar refractivity (Wildman–Crippen MR) is 78.1 cm³/mol. The fourth-order valence-electron chi connectivity index (χ4n) is 2.18. The Balaban J connectivity index is 2.20. The summed E-state index contributed by atoms with van der Waals surface area (Å²) in [6.45, 7) is 4.96. The van der Waals surface area contributed by atoms with E-state index in [2.05, 4.69) is 0 Å². The Morgan fingerprint density at radius 1 is 1.42 bits per heavy atom. The molecule has 0 bridgehead atoms. The fraction of sp³-hybridized carbons (Fsp3) is 0.571. The minimum absolute atomic E-state index is 0.00435. The van der Waals surface area contributed by atoms with Crippen molar-refractivity contribution < 1.29 is 9.59 Å². The number of ketones is 1. The Kier molecular flexibility index (Phi) is 4.06. The summed E-state index contributed by atoms with van der Waals surface area (Å²) in [5.41, 5.74) is 0.945. The molecule has 0 N–H and O–H groups in total. The number of anilines is 1. The van der Waals surface area contributed by atoms with Gasteiger partial charge in [-0.15, -0.1) is 11.3 Å². The lowest BCUT2D eigenvalue weighted by atomic mass is 10.1. The molecular formula is C14H20N2O2S. The number of amides is 1. The minimum Gasteiger partial charge on any atom is -0.310 e. The van der Waals surface area contributed by atoms with E-state index in [0.717, 1.165) is 28.4 Å². The smallest absolute Gasteiger partial charge is 0.241 e. The number of carbonyl (C=O) groups excluding carboxylic acids is 2. The molecule has 2 heterocycles. The molecule has 0 aliphatic carbocycles. The first kappa shape index (κ1) is 14.2. The molecule has 4 nitrogen and oxygen atoms in total. The molecule has 0 fully saturated rings. The van der Waals surface area contributed by atoms with Gasteiger partial charge in [0.15, 0.2) is 5.78 Å². The molecule has 104 valence electrons. The average Bonchev–Trinajstić information content (AvgIpc) is 2.85. The lowest BCUT2D eigenvalue weighted by Gasteiger charge is -2.18. The molecule has 2 rings (SSSR count). The van der Waals surface area contributed by atoms with E-state index in [1.165, 1.54) is 0 Å². The number of hydrogen-bond donors (Lipinski definition) is 0. The molecule has 0 saturated carbocycles. The zero-order valence-electron chi connectivity index (χ0n) is 11.9. The monoisotopic (exact) mass is 280 g/mol. The molecule has 1 aliphatic heterocycles. The van der Waals surface area contributed by atoms with Crippen LogP contribution in [-0.2, 0) is 11.2 Å². The van der Waals surface area contributed by atoms with Crippen LogP contribution in [0.3, 0.4) is 0 Å². The van der Waals surface area contributed by atoms with E-state index < -0.39 is 0 Å². The van der Waals surface area contributed by atoms with Crippen LogP contribution in [0.25, 0.3) is 0 Å². The van der Waals surface area contributed by atoms with Crippen molar-refractivity contribution in [3.63, 3.8) is 0 Å². The van der Waals surface area contributed by atoms with E-state index in [0.29, 0.717) is 6.54 Å². The van der Waals surface area contributed by atoms with Gasteiger partial charge in [-0.2, -0.15) is 0 Å². The Bertz CT molecular complexity index is 506. The number of hydrogen-bond acceptors (Lipinski definition) is 4. The largest absolute Gasteiger partial charge is 0.310 e. The second-order valence-electron chi connectivity index (χ2n) is 5.47. The summed E-state index contributed by atoms with van der Waals surface area (Å²) < 4.78 is 0. The number of Topliss-reactive ketones (excluding diaryl/α,β-unsaturated/α-hetero) is 1. The highest BCUT2D eigenvalue weighted by Crippen LogP contribution is 2.36. The van der Waals surface area contributed by atoms with E-state index in [9.17, 15) is 9.59 Å². The van der Waals surface area contributed by atoms with Crippen LogP contribution < -0.4 is 4.90 Å². The van der Waals surface area contributed by atoms with Crippen molar-refractivity contribution in [2.75, 3.05) is 32.1 Å². The lowest BCUT2D eigenvalue weighted by molar-refractivity contribution is -0.119. The van der Waals surface area contributed by atoms with Gasteiger partial charge < -0.3 is 9.80 Å². The van der Waals surface area contributed by atoms with Crippen LogP contribution >= 0.6 is 11.3 Å². The highest BCUT2D eigenvalue weighted by Gasteiger charge is 2.28. The standard InChI is InChI=1S/C14H20N2O2S/c1-9(2)14(18)12-7-10-11(19-12)5-6-16(10)13(17)8-15(3)4/h7,9H,5-6,8H2,1-4H3. The third kappa shape index (κ3) is 2.87. The van der Waals surface area contributed by atoms with Crippen LogP contribution in [0.4, 0.5) is 5.69 Å². The van der Waals surface area contributed by atoms with Crippen LogP contribution in [0.1, 0.15) is 28.4 Å². The Labute approximate surface area is 118 Å². The van der Waals surface area contributed by atoms with Crippen molar-refractivity contribution in [2.24, 2.45) is 5.92 Å². The summed E-state index contributed by atoms with van der Waals surface area (Å²) >= 11 is 1.54. The third-order valence-corrected chi connectivity index (χ3v) is 4.36. The number of nitrogens with zero attached hydrogens (tertiary/aromatic N) is 2. The zero-order chi connectivity index (χ0) is 14.2. The van der Waals surface area contributed by atoms with Crippen LogP contribution in [0.5, 0.6) is 0 Å². The molecule has 1 aromatic rings. The quantitative estimate of drug-likeness (QED) is 0.792. The van der Waals surface area contributed by atoms with Gasteiger partial charge >= 0.3 is 0 Å². The third-order valence-electron chi connectivity index (χ3n) is 3.16. The maximum Gasteiger partial charge on any atom is 0.241 e. The van der Waals surface area contributed by atoms with Crippen LogP contribution in [-0.4, -0.2) is 43.8 Å². The molecule has 0 spiro atoms. The van der Waals surface area contributed by atoms with Crippen molar-refractivity contribution in [1.82, 2.24) is 4.90 Å². The molecule has 1 amide bonds. The first-order valence-corrected chi connectivity index (χ1v) is 7.33. The number of carbonyl (C=O) groups is 2. The van der Waals surface area contributed by atoms with E-state index in [1.807, 2.05) is 43.8 Å². The van der Waals surface area contributed by atoms with Crippen molar-refractivity contribution >= 4 is 28.7 Å². The summed E-state index contributed by atoms with van der Waals surface area (Å²) in [4.78, 5) is 29.8. The molecule has 0 saturated heterocycles. The van der Waals surface area contributed by atoms with Gasteiger partial charge in [-0.3, -0.25) is 9.59 Å². The fourth-order valence-corrected chi connectivity index (χ4v) is 3.42. The van der Waals surface area contributed by atoms with Gasteiger partial charge in [0, 0.05) is 23.8 Å². The van der Waals surface area contributed by atoms with Gasteiger partial charge in [0.25, 0.3) is 0 Å². The molecule has 5 heteroatoms. The van der Waals surface area contributed by atoms with Gasteiger partial charge in [0.05, 0.1) is 17.1 Å². The maximum atomic E-state index is 12.1. The van der Waals surface area contributed by atoms with Crippen molar-refractivity contribution in [3.05, 3.63) is 15.8 Å². The molecule has 1 aromatic heterocycles. The van der Waals surface area contributed by atoms with Crippen molar-refractivity contribution in [3.8, 4) is 0 Å². The van der Waals surface area contributed by atoms with E-state index in [-0.39, 0.29) is 17.6 Å². The number of likely N-dealkylation sites (N-methyl/N-ethyl adjacent to an activating group) is 1. The molecule has 19 heavy (non-hydrogen) atoms. The molecule has 0 unspecified atom stereocenters. The highest BCUT2D eigenvalue weighted by atomic mass is 32.1. The second kappa shape index (κ2) is 5.43. The van der Waals surface area contributed by atoms with Crippen LogP contribution in [0.2, 0.25) is 0 Å². The van der Waals surface area contributed by atoms with Gasteiger partial charge in [-0.1, -0.05) is 13.8 Å². The molecule has 0 atom stereocenters. The van der Waals surface area contributed by atoms with Gasteiger partial charge in [-0.25, -0.2) is 0 Å². The van der Waals surface area contributed by atoms with Crippen molar-refractivity contribution in [2.45, 2.75) is 20.3 Å². The molecule has 0 radical (unpaired) electrons. The topological polar surface area (TPSA) is 40.6 Å². The van der Waals surface area contributed by atoms with E-state index in [4.69, 9.17) is 0 Å². The Hall–Kier alpha value is -1.20. The number of rotatable bonds is 4. The Morgan fingerprint density at radius 3 is 2.68 bits per heavy atom. The van der Waals surface area contributed by atoms with Crippen LogP contribution in [0.15, 0.2) is 6.07 Å². The van der Waals surface area contributed by atoms with Crippen molar-refractivity contribution in [1.29, 1.82) is 0 Å². The minimum atomic E-state index is 0.00435. The summed E-state index contributed by atoms with van der Waals surface area (Å²) in [6.07, 6.45) is 0.866. The maximum absolute atomic E-state index is 12.1. The first-order chi connectivity index (χ1) is 8.90. The molecular weight excluding hydrogens is 260 g/mol. The normalized spacial score (nSPS) is 14.3. The Morgan fingerprint density at radius 2 is 2.11 bits per heavy atom. The van der Waals surface area contributed by atoms with Gasteiger partial charge in [0.1, 0.15) is 0 Å². The van der Waals surface area contributed by atoms with Gasteiger partial charge in [0.2, 0.25) is 5.91 Å². The van der Waals surface area contributed by atoms with E-state index >= 15 is 0 Å². The first-order valence-electron chi connectivity index (χ1n) is 6.52. The summed E-state index contributed by atoms with van der Waals surface area (Å²) in [5, 5.41) is 0. The summed E-state index contributed by atoms with van der Waals surface area (Å²) in [6, 6.07) is 1.89. The van der Waals surface area contributed by atoms with Crippen LogP contribution in [0, 0.1) is 5.92 Å². The highest BCUT2D eigenvalue weighted by molar-refractivity contribution is 7.14. The lowest BCUT2D eigenvalue weighted by Crippen LogP contribution is -2.36. The summed E-state index contributed by atoms with van der Waals surface area (Å²) in [5.74, 6) is 0.272. The number of fused-ring (bicyclic) bond motifs is 1. The number of thiophene rings is 1. The van der Waals surface area contributed by atoms with Gasteiger partial charge in [-0.05, 0) is 20.2 Å².